The summed E-state index contributed by atoms with van der Waals surface area (Å²) in [6, 6.07) is 2.16. The molecule has 0 rings (SSSR count). The van der Waals surface area contributed by atoms with Crippen molar-refractivity contribution in [2.24, 2.45) is 0 Å². The van der Waals surface area contributed by atoms with Gasteiger partial charge in [-0.1, -0.05) is 61.1 Å². The van der Waals surface area contributed by atoms with Crippen LogP contribution in [0.5, 0.6) is 0 Å². The molecule has 0 amide bonds. The first kappa shape index (κ1) is 26.9. The molecule has 26 heavy (non-hydrogen) atoms. The molecular formula is C17H35N3OPS4+. The van der Waals surface area contributed by atoms with Gasteiger partial charge in [0.15, 0.2) is 0 Å². The van der Waals surface area contributed by atoms with Gasteiger partial charge < -0.3 is 4.89 Å². The van der Waals surface area contributed by atoms with Crippen LogP contribution in [-0.2, 0) is 0 Å². The van der Waals surface area contributed by atoms with Crippen molar-refractivity contribution in [1.29, 1.82) is 5.26 Å². The molecular weight excluding hydrogens is 421 g/mol. The minimum Gasteiger partial charge on any atom is -0.311 e. The highest BCUT2D eigenvalue weighted by Gasteiger charge is 2.48. The Hall–Kier alpha value is 0.940. The predicted octanol–water partition coefficient (Wildman–Crippen LogP) is 7.02. The van der Waals surface area contributed by atoms with Crippen LogP contribution in [0.15, 0.2) is 12.2 Å². The van der Waals surface area contributed by atoms with E-state index >= 15 is 0 Å². The zero-order chi connectivity index (χ0) is 20.3. The van der Waals surface area contributed by atoms with E-state index in [0.29, 0.717) is 37.0 Å². The van der Waals surface area contributed by atoms with Crippen molar-refractivity contribution in [1.82, 2.24) is 3.48 Å². The Morgan fingerprint density at radius 1 is 0.923 bits per heavy atom. The molecule has 0 aliphatic heterocycles. The van der Waals surface area contributed by atoms with Crippen LogP contribution in [0.25, 0.3) is 0 Å². The lowest BCUT2D eigenvalue weighted by molar-refractivity contribution is -0.495. The maximum Gasteiger partial charge on any atom is 0.386 e. The summed E-state index contributed by atoms with van der Waals surface area (Å²) in [7, 11) is -1.45. The molecule has 0 aromatic carbocycles. The highest BCUT2D eigenvalue weighted by atomic mass is 32.2. The van der Waals surface area contributed by atoms with Crippen molar-refractivity contribution >= 4 is 56.2 Å². The van der Waals surface area contributed by atoms with Crippen LogP contribution in [0.1, 0.15) is 61.8 Å². The second kappa shape index (κ2) is 14.0. The van der Waals surface area contributed by atoms with E-state index in [9.17, 15) is 4.89 Å². The molecule has 0 heterocycles. The molecule has 0 spiro atoms. The molecule has 1 N–H and O–H groups in total. The van der Waals surface area contributed by atoms with E-state index in [0.717, 1.165) is 0 Å². The Labute approximate surface area is 180 Å². The molecule has 0 radical (unpaired) electrons. The minimum atomic E-state index is -1.45. The standard InChI is InChI=1S/C17H35N3OPS4/c1-14(2)23-19(24-15(3)4)22(21)20(25-16(5)6,26-17(7)8)13-11-9-10-12-18/h9,11,14-17,21H,10,13H2,1-8H3/q+1/b11-9+. The van der Waals surface area contributed by atoms with E-state index in [1.807, 2.05) is 6.08 Å². The molecule has 1 atom stereocenters. The van der Waals surface area contributed by atoms with E-state index in [1.54, 1.807) is 47.8 Å². The summed E-state index contributed by atoms with van der Waals surface area (Å²) in [6.07, 6.45) is 4.37. The Morgan fingerprint density at radius 2 is 1.38 bits per heavy atom. The Morgan fingerprint density at radius 3 is 1.73 bits per heavy atom. The fraction of sp³-hybridized carbons (Fsp3) is 0.824. The largest absolute Gasteiger partial charge is 0.386 e. The van der Waals surface area contributed by atoms with Crippen LogP contribution in [0.2, 0.25) is 0 Å². The Bertz CT molecular complexity index is 436. The lowest BCUT2D eigenvalue weighted by Gasteiger charge is -2.40. The van der Waals surface area contributed by atoms with Crippen molar-refractivity contribution < 1.29 is 7.96 Å². The summed E-state index contributed by atoms with van der Waals surface area (Å²) in [4.78, 5) is 11.6. The van der Waals surface area contributed by atoms with Crippen molar-refractivity contribution in [3.8, 4) is 6.07 Å². The predicted molar refractivity (Wildman–Crippen MR) is 126 cm³/mol. The smallest absolute Gasteiger partial charge is 0.311 e. The van der Waals surface area contributed by atoms with Crippen molar-refractivity contribution in [3.05, 3.63) is 12.2 Å². The number of quaternary nitrogens is 1. The highest BCUT2D eigenvalue weighted by Crippen LogP contribution is 2.65. The van der Waals surface area contributed by atoms with Crippen LogP contribution >= 0.6 is 56.2 Å². The molecule has 0 saturated heterocycles. The molecule has 0 aromatic rings. The third kappa shape index (κ3) is 11.1. The van der Waals surface area contributed by atoms with E-state index in [1.165, 1.54) is 0 Å². The van der Waals surface area contributed by atoms with Gasteiger partial charge in [0, 0.05) is 10.5 Å². The van der Waals surface area contributed by atoms with Crippen molar-refractivity contribution in [3.63, 3.8) is 0 Å². The molecule has 4 nitrogen and oxygen atoms in total. The van der Waals surface area contributed by atoms with Gasteiger partial charge in [-0.2, -0.15) is 5.26 Å². The topological polar surface area (TPSA) is 47.3 Å². The van der Waals surface area contributed by atoms with Gasteiger partial charge in [0.05, 0.1) is 46.9 Å². The number of hydrogen-bond acceptors (Lipinski definition) is 7. The summed E-state index contributed by atoms with van der Waals surface area (Å²) in [5, 5.41) is 10.4. The molecule has 152 valence electrons. The summed E-state index contributed by atoms with van der Waals surface area (Å²) in [5.41, 5.74) is 0. The zero-order valence-corrected chi connectivity index (χ0v) is 21.4. The monoisotopic (exact) mass is 456 g/mol. The first-order valence-corrected chi connectivity index (χ1v) is 13.5. The first-order valence-electron chi connectivity index (χ1n) is 8.94. The summed E-state index contributed by atoms with van der Waals surface area (Å²) in [6.45, 7) is 18.0. The number of allylic oxidation sites excluding steroid dienone is 1. The van der Waals surface area contributed by atoms with Crippen LogP contribution in [0.4, 0.5) is 0 Å². The normalized spacial score (nSPS) is 14.3. The molecule has 1 unspecified atom stereocenters. The van der Waals surface area contributed by atoms with E-state index in [-0.39, 0.29) is 0 Å². The quantitative estimate of drug-likeness (QED) is 0.181. The highest BCUT2D eigenvalue weighted by molar-refractivity contribution is 8.19. The first-order chi connectivity index (χ1) is 12.0. The van der Waals surface area contributed by atoms with Crippen LogP contribution < -0.4 is 0 Å². The van der Waals surface area contributed by atoms with E-state index in [4.69, 9.17) is 5.26 Å². The van der Waals surface area contributed by atoms with Crippen LogP contribution in [0, 0.1) is 11.3 Å². The average molecular weight is 457 g/mol. The number of nitriles is 1. The fourth-order valence-electron chi connectivity index (χ4n) is 1.85. The zero-order valence-electron chi connectivity index (χ0n) is 17.2. The van der Waals surface area contributed by atoms with Crippen molar-refractivity contribution in [2.45, 2.75) is 82.8 Å². The van der Waals surface area contributed by atoms with Gasteiger partial charge in [0.2, 0.25) is 0 Å². The van der Waals surface area contributed by atoms with Gasteiger partial charge in [0.1, 0.15) is 6.54 Å². The van der Waals surface area contributed by atoms with Gasteiger partial charge in [-0.15, -0.1) is 3.06 Å². The second-order valence-electron chi connectivity index (χ2n) is 6.78. The molecule has 0 fully saturated rings. The molecule has 0 aromatic heterocycles. The number of rotatable bonds is 13. The molecule has 0 aliphatic carbocycles. The summed E-state index contributed by atoms with van der Waals surface area (Å²) >= 11 is 7.04. The Kier molecular flexibility index (Phi) is 14.5. The number of hydrogen-bond donors (Lipinski definition) is 1. The maximum absolute atomic E-state index is 11.6. The summed E-state index contributed by atoms with van der Waals surface area (Å²) < 4.78 is 2.64. The maximum atomic E-state index is 11.6. The minimum absolute atomic E-state index is 0.387. The van der Waals surface area contributed by atoms with Gasteiger partial charge in [-0.3, -0.25) is 0 Å². The van der Waals surface area contributed by atoms with Gasteiger partial charge >= 0.3 is 8.45 Å². The third-order valence-corrected chi connectivity index (χ3v) is 10.4. The Balaban J connectivity index is 5.79. The molecule has 0 bridgehead atoms. The lowest BCUT2D eigenvalue weighted by atomic mass is 10.4. The summed E-state index contributed by atoms with van der Waals surface area (Å²) in [5.74, 6) is 0. The number of nitrogens with zero attached hydrogens (tertiary/aromatic N) is 3. The van der Waals surface area contributed by atoms with Crippen molar-refractivity contribution in [2.75, 3.05) is 6.54 Å². The van der Waals surface area contributed by atoms with Gasteiger partial charge in [-0.05, 0) is 33.8 Å². The second-order valence-corrected chi connectivity index (χ2v) is 16.5. The fourth-order valence-corrected chi connectivity index (χ4v) is 12.5. The molecule has 9 heteroatoms. The third-order valence-electron chi connectivity index (χ3n) is 2.48. The lowest BCUT2D eigenvalue weighted by Crippen LogP contribution is -2.35. The molecule has 0 saturated carbocycles. The van der Waals surface area contributed by atoms with Crippen LogP contribution in [0.3, 0.4) is 0 Å². The van der Waals surface area contributed by atoms with Gasteiger partial charge in [-0.25, -0.2) is 0 Å². The SMILES string of the molecule is CC(C)SN(SC(C)C)P(O)[N+](C/C=C/CC#N)(SC(C)C)SC(C)C. The molecule has 0 aliphatic rings. The van der Waals surface area contributed by atoms with E-state index < -0.39 is 8.45 Å². The average Bonchev–Trinajstić information content (AvgIpc) is 2.47. The van der Waals surface area contributed by atoms with E-state index in [2.05, 4.69) is 71.0 Å². The van der Waals surface area contributed by atoms with Gasteiger partial charge in [0.25, 0.3) is 0 Å². The van der Waals surface area contributed by atoms with Crippen LogP contribution in [-0.4, -0.2) is 39.0 Å².